The molecular formula is C17H14FNO3. The lowest BCUT2D eigenvalue weighted by molar-refractivity contribution is -0.134. The molecule has 0 unspecified atom stereocenters. The summed E-state index contributed by atoms with van der Waals surface area (Å²) in [6.07, 6.45) is 0.640. The van der Waals surface area contributed by atoms with Gasteiger partial charge in [-0.1, -0.05) is 30.3 Å². The van der Waals surface area contributed by atoms with Gasteiger partial charge in [-0.05, 0) is 23.8 Å². The summed E-state index contributed by atoms with van der Waals surface area (Å²) >= 11 is 0. The minimum atomic E-state index is -0.314. The van der Waals surface area contributed by atoms with Crippen LogP contribution < -0.4 is 4.74 Å². The number of halogens is 1. The first-order valence-electron chi connectivity index (χ1n) is 6.99. The van der Waals surface area contributed by atoms with Gasteiger partial charge in [0.2, 0.25) is 0 Å². The van der Waals surface area contributed by atoms with Crippen LogP contribution in [-0.2, 0) is 11.2 Å². The Morgan fingerprint density at radius 2 is 2.09 bits per heavy atom. The zero-order valence-corrected chi connectivity index (χ0v) is 12.0. The third-order valence-electron chi connectivity index (χ3n) is 3.35. The third-order valence-corrected chi connectivity index (χ3v) is 3.35. The summed E-state index contributed by atoms with van der Waals surface area (Å²) in [5.41, 5.74) is 1.71. The van der Waals surface area contributed by atoms with Crippen molar-refractivity contribution in [1.29, 1.82) is 0 Å². The SMILES string of the molecule is CCC(=O)Oc1ccc2c(Cc3ccccc3F)noc2c1. The molecule has 0 N–H and O–H groups in total. The topological polar surface area (TPSA) is 52.3 Å². The van der Waals surface area contributed by atoms with E-state index in [-0.39, 0.29) is 11.8 Å². The Morgan fingerprint density at radius 3 is 2.86 bits per heavy atom. The van der Waals surface area contributed by atoms with E-state index in [1.807, 2.05) is 0 Å². The zero-order chi connectivity index (χ0) is 15.5. The van der Waals surface area contributed by atoms with Gasteiger partial charge in [0.1, 0.15) is 11.6 Å². The van der Waals surface area contributed by atoms with Gasteiger partial charge in [0.15, 0.2) is 5.58 Å². The number of hydrogen-bond acceptors (Lipinski definition) is 4. The molecule has 0 fully saturated rings. The van der Waals surface area contributed by atoms with Gasteiger partial charge >= 0.3 is 5.97 Å². The number of carbonyl (C=O) groups is 1. The van der Waals surface area contributed by atoms with Gasteiger partial charge < -0.3 is 9.26 Å². The summed E-state index contributed by atoms with van der Waals surface area (Å²) in [7, 11) is 0. The fourth-order valence-electron chi connectivity index (χ4n) is 2.19. The number of hydrogen-bond donors (Lipinski definition) is 0. The number of ether oxygens (including phenoxy) is 1. The van der Waals surface area contributed by atoms with Gasteiger partial charge in [-0.3, -0.25) is 4.79 Å². The predicted molar refractivity (Wildman–Crippen MR) is 79.1 cm³/mol. The van der Waals surface area contributed by atoms with Crippen molar-refractivity contribution < 1.29 is 18.4 Å². The van der Waals surface area contributed by atoms with Gasteiger partial charge in [0.05, 0.1) is 5.69 Å². The molecule has 0 aliphatic heterocycles. The van der Waals surface area contributed by atoms with E-state index in [1.165, 1.54) is 6.07 Å². The average molecular weight is 299 g/mol. The quantitative estimate of drug-likeness (QED) is 0.542. The van der Waals surface area contributed by atoms with Crippen molar-refractivity contribution in [1.82, 2.24) is 5.16 Å². The van der Waals surface area contributed by atoms with Crippen LogP contribution in [0, 0.1) is 5.82 Å². The molecule has 1 aromatic heterocycles. The number of aromatic nitrogens is 1. The van der Waals surface area contributed by atoms with E-state index in [0.717, 1.165) is 5.39 Å². The Bertz CT molecular complexity index is 826. The second-order valence-corrected chi connectivity index (χ2v) is 4.88. The summed E-state index contributed by atoms with van der Waals surface area (Å²) < 4.78 is 24.1. The molecule has 3 rings (SSSR count). The van der Waals surface area contributed by atoms with Crippen LogP contribution in [0.3, 0.4) is 0 Å². The molecule has 0 aliphatic rings. The zero-order valence-electron chi connectivity index (χ0n) is 12.0. The molecule has 0 saturated carbocycles. The molecule has 0 atom stereocenters. The highest BCUT2D eigenvalue weighted by molar-refractivity contribution is 5.82. The Hall–Kier alpha value is -2.69. The van der Waals surface area contributed by atoms with Crippen LogP contribution in [-0.4, -0.2) is 11.1 Å². The van der Waals surface area contributed by atoms with Crippen LogP contribution in [0.5, 0.6) is 5.75 Å². The molecule has 3 aromatic rings. The highest BCUT2D eigenvalue weighted by atomic mass is 19.1. The van der Waals surface area contributed by atoms with Gasteiger partial charge in [-0.25, -0.2) is 4.39 Å². The summed E-state index contributed by atoms with van der Waals surface area (Å²) in [4.78, 5) is 11.3. The number of nitrogens with zero attached hydrogens (tertiary/aromatic N) is 1. The van der Waals surface area contributed by atoms with Crippen molar-refractivity contribution >= 4 is 16.9 Å². The number of carbonyl (C=O) groups excluding carboxylic acids is 1. The lowest BCUT2D eigenvalue weighted by Crippen LogP contribution is -2.05. The highest BCUT2D eigenvalue weighted by Crippen LogP contribution is 2.26. The third kappa shape index (κ3) is 2.83. The first kappa shape index (κ1) is 14.3. The van der Waals surface area contributed by atoms with Gasteiger partial charge in [-0.2, -0.15) is 0 Å². The maximum absolute atomic E-state index is 13.7. The lowest BCUT2D eigenvalue weighted by Gasteiger charge is -2.02. The Balaban J connectivity index is 1.89. The Kier molecular flexibility index (Phi) is 3.87. The van der Waals surface area contributed by atoms with Gasteiger partial charge in [0, 0.05) is 24.3 Å². The van der Waals surface area contributed by atoms with E-state index in [1.54, 1.807) is 43.3 Å². The van der Waals surface area contributed by atoms with Gasteiger partial charge in [-0.15, -0.1) is 0 Å². The predicted octanol–water partition coefficient (Wildman–Crippen LogP) is 3.87. The summed E-state index contributed by atoms with van der Waals surface area (Å²) in [6.45, 7) is 1.72. The van der Waals surface area contributed by atoms with Crippen LogP contribution in [0.2, 0.25) is 0 Å². The number of rotatable bonds is 4. The van der Waals surface area contributed by atoms with Crippen molar-refractivity contribution in [3.63, 3.8) is 0 Å². The molecule has 0 bridgehead atoms. The van der Waals surface area contributed by atoms with Crippen LogP contribution in [0.25, 0.3) is 11.0 Å². The molecule has 0 saturated heterocycles. The van der Waals surface area contributed by atoms with E-state index in [0.29, 0.717) is 35.4 Å². The summed E-state index contributed by atoms with van der Waals surface area (Å²) in [6, 6.07) is 11.6. The maximum Gasteiger partial charge on any atom is 0.310 e. The molecule has 1 heterocycles. The standard InChI is InChI=1S/C17H14FNO3/c1-2-17(20)21-12-7-8-13-15(19-22-16(13)10-12)9-11-5-3-4-6-14(11)18/h3-8,10H,2,9H2,1H3. The Labute approximate surface area is 126 Å². The molecule has 5 heteroatoms. The van der Waals surface area contributed by atoms with Crippen molar-refractivity contribution in [2.45, 2.75) is 19.8 Å². The minimum absolute atomic E-state index is 0.271. The van der Waals surface area contributed by atoms with Crippen molar-refractivity contribution in [2.24, 2.45) is 0 Å². The molecule has 112 valence electrons. The molecule has 0 aliphatic carbocycles. The van der Waals surface area contributed by atoms with Crippen LogP contribution in [0.1, 0.15) is 24.6 Å². The van der Waals surface area contributed by atoms with Crippen molar-refractivity contribution in [2.75, 3.05) is 0 Å². The molecule has 0 radical (unpaired) electrons. The van der Waals surface area contributed by atoms with E-state index in [9.17, 15) is 9.18 Å². The lowest BCUT2D eigenvalue weighted by atomic mass is 10.1. The summed E-state index contributed by atoms with van der Waals surface area (Å²) in [5.74, 6) is -0.175. The average Bonchev–Trinajstić information content (AvgIpc) is 2.92. The minimum Gasteiger partial charge on any atom is -0.426 e. The second-order valence-electron chi connectivity index (χ2n) is 4.88. The first-order chi connectivity index (χ1) is 10.7. The van der Waals surface area contributed by atoms with E-state index < -0.39 is 0 Å². The molecule has 0 spiro atoms. The second kappa shape index (κ2) is 5.97. The summed E-state index contributed by atoms with van der Waals surface area (Å²) in [5, 5.41) is 4.77. The van der Waals surface area contributed by atoms with Crippen molar-refractivity contribution in [3.8, 4) is 5.75 Å². The first-order valence-corrected chi connectivity index (χ1v) is 6.99. The number of benzene rings is 2. The fourth-order valence-corrected chi connectivity index (χ4v) is 2.19. The Morgan fingerprint density at radius 1 is 1.27 bits per heavy atom. The van der Waals surface area contributed by atoms with Crippen LogP contribution >= 0.6 is 0 Å². The van der Waals surface area contributed by atoms with Crippen LogP contribution in [0.15, 0.2) is 47.0 Å². The van der Waals surface area contributed by atoms with E-state index in [4.69, 9.17) is 9.26 Å². The number of fused-ring (bicyclic) bond motifs is 1. The molecule has 2 aromatic carbocycles. The highest BCUT2D eigenvalue weighted by Gasteiger charge is 2.12. The maximum atomic E-state index is 13.7. The monoisotopic (exact) mass is 299 g/mol. The van der Waals surface area contributed by atoms with E-state index >= 15 is 0 Å². The van der Waals surface area contributed by atoms with Crippen LogP contribution in [0.4, 0.5) is 4.39 Å². The molecule has 4 nitrogen and oxygen atoms in total. The molecule has 0 amide bonds. The fraction of sp³-hybridized carbons (Fsp3) is 0.176. The number of esters is 1. The smallest absolute Gasteiger partial charge is 0.310 e. The largest absolute Gasteiger partial charge is 0.426 e. The normalized spacial score (nSPS) is 10.8. The van der Waals surface area contributed by atoms with Crippen molar-refractivity contribution in [3.05, 3.63) is 59.5 Å². The molecule has 22 heavy (non-hydrogen) atoms. The van der Waals surface area contributed by atoms with E-state index in [2.05, 4.69) is 5.16 Å². The van der Waals surface area contributed by atoms with Gasteiger partial charge in [0.25, 0.3) is 0 Å². The molecular weight excluding hydrogens is 285 g/mol.